The van der Waals surface area contributed by atoms with E-state index in [2.05, 4.69) is 24.1 Å². The molecule has 0 aliphatic heterocycles. The number of halogens is 1. The van der Waals surface area contributed by atoms with E-state index in [1.54, 1.807) is 7.11 Å². The van der Waals surface area contributed by atoms with Crippen LogP contribution < -0.4 is 10.2 Å². The predicted molar refractivity (Wildman–Crippen MR) is 109 cm³/mol. The maximum absolute atomic E-state index is 12.1. The molecule has 1 saturated carbocycles. The van der Waals surface area contributed by atoms with Crippen LogP contribution in [0.2, 0.25) is 5.02 Å². The minimum Gasteiger partial charge on any atom is -0.383 e. The topological polar surface area (TPSA) is 67.3 Å². The second-order valence-corrected chi connectivity index (χ2v) is 7.66. The van der Waals surface area contributed by atoms with Crippen molar-refractivity contribution in [1.82, 2.24) is 15.3 Å². The van der Waals surface area contributed by atoms with Gasteiger partial charge in [-0.15, -0.1) is 0 Å². The fraction of sp³-hybridized carbons (Fsp3) is 0.550. The summed E-state index contributed by atoms with van der Waals surface area (Å²) in [5, 5.41) is 4.51. The van der Waals surface area contributed by atoms with Gasteiger partial charge in [-0.2, -0.15) is 0 Å². The number of amides is 1. The molecule has 1 heterocycles. The summed E-state index contributed by atoms with van der Waals surface area (Å²) in [7, 11) is 1.62. The van der Waals surface area contributed by atoms with Crippen LogP contribution in [0.1, 0.15) is 44.9 Å². The van der Waals surface area contributed by atoms with E-state index >= 15 is 0 Å². The average molecular weight is 391 g/mol. The van der Waals surface area contributed by atoms with Crippen molar-refractivity contribution in [2.75, 3.05) is 31.7 Å². The van der Waals surface area contributed by atoms with E-state index in [0.29, 0.717) is 37.1 Å². The normalized spacial score (nSPS) is 14.0. The largest absolute Gasteiger partial charge is 0.383 e. The molecule has 6 nitrogen and oxygen atoms in total. The van der Waals surface area contributed by atoms with Crippen LogP contribution in [0.25, 0.3) is 10.9 Å². The van der Waals surface area contributed by atoms with Gasteiger partial charge in [-0.05, 0) is 44.9 Å². The van der Waals surface area contributed by atoms with E-state index < -0.39 is 0 Å². The molecule has 0 spiro atoms. The van der Waals surface area contributed by atoms with Crippen LogP contribution in [0.5, 0.6) is 0 Å². The zero-order chi connectivity index (χ0) is 19.4. The molecule has 0 unspecified atom stereocenters. The highest BCUT2D eigenvalue weighted by molar-refractivity contribution is 6.31. The Bertz CT molecular complexity index is 808. The molecular formula is C20H27ClN4O2. The number of rotatable bonds is 9. The Labute approximate surface area is 165 Å². The number of fused-ring (bicyclic) bond motifs is 1. The Morgan fingerprint density at radius 1 is 1.37 bits per heavy atom. The van der Waals surface area contributed by atoms with Gasteiger partial charge in [0, 0.05) is 49.0 Å². The standard InChI is InChI=1S/C20H27ClN4O2/c1-13(2)25(10-8-18(26)22-9-11-27-3)20-16-7-6-15(21)12-17(16)23-19(24-20)14-4-5-14/h6-7,12-14H,4-5,8-11H2,1-3H3,(H,22,26). The van der Waals surface area contributed by atoms with Crippen molar-refractivity contribution in [3.8, 4) is 0 Å². The molecule has 0 saturated heterocycles. The number of methoxy groups -OCH3 is 1. The lowest BCUT2D eigenvalue weighted by atomic mass is 10.1. The molecule has 1 N–H and O–H groups in total. The number of carbonyl (C=O) groups excluding carboxylic acids is 1. The van der Waals surface area contributed by atoms with Gasteiger partial charge in [-0.25, -0.2) is 9.97 Å². The van der Waals surface area contributed by atoms with Gasteiger partial charge < -0.3 is 15.0 Å². The maximum Gasteiger partial charge on any atom is 0.221 e. The Morgan fingerprint density at radius 2 is 2.15 bits per heavy atom. The van der Waals surface area contributed by atoms with E-state index in [4.69, 9.17) is 26.3 Å². The third-order valence-electron chi connectivity index (χ3n) is 4.70. The van der Waals surface area contributed by atoms with Gasteiger partial charge in [0.2, 0.25) is 5.91 Å². The first-order chi connectivity index (χ1) is 13.0. The van der Waals surface area contributed by atoms with E-state index in [-0.39, 0.29) is 11.9 Å². The molecule has 146 valence electrons. The first-order valence-corrected chi connectivity index (χ1v) is 9.87. The summed E-state index contributed by atoms with van der Waals surface area (Å²) in [5.74, 6) is 2.23. The summed E-state index contributed by atoms with van der Waals surface area (Å²) in [6.07, 6.45) is 2.67. The van der Waals surface area contributed by atoms with Crippen LogP contribution >= 0.6 is 11.6 Å². The molecule has 1 aliphatic carbocycles. The van der Waals surface area contributed by atoms with Crippen LogP contribution in [0.3, 0.4) is 0 Å². The molecule has 0 bridgehead atoms. The van der Waals surface area contributed by atoms with E-state index in [1.165, 1.54) is 0 Å². The molecule has 2 aromatic rings. The number of hydrogen-bond donors (Lipinski definition) is 1. The van der Waals surface area contributed by atoms with Crippen molar-refractivity contribution < 1.29 is 9.53 Å². The maximum atomic E-state index is 12.1. The van der Waals surface area contributed by atoms with Crippen molar-refractivity contribution in [3.63, 3.8) is 0 Å². The third kappa shape index (κ3) is 5.08. The quantitative estimate of drug-likeness (QED) is 0.663. The number of hydrogen-bond acceptors (Lipinski definition) is 5. The second-order valence-electron chi connectivity index (χ2n) is 7.22. The van der Waals surface area contributed by atoms with E-state index in [9.17, 15) is 4.79 Å². The Morgan fingerprint density at radius 3 is 2.81 bits per heavy atom. The molecule has 1 aromatic heterocycles. The van der Waals surface area contributed by atoms with Gasteiger partial charge in [0.15, 0.2) is 0 Å². The number of nitrogens with one attached hydrogen (secondary N) is 1. The van der Waals surface area contributed by atoms with E-state index in [1.807, 2.05) is 18.2 Å². The van der Waals surface area contributed by atoms with Gasteiger partial charge in [0.05, 0.1) is 12.1 Å². The zero-order valence-electron chi connectivity index (χ0n) is 16.2. The molecule has 3 rings (SSSR count). The highest BCUT2D eigenvalue weighted by Crippen LogP contribution is 2.40. The van der Waals surface area contributed by atoms with Gasteiger partial charge in [0.25, 0.3) is 0 Å². The van der Waals surface area contributed by atoms with E-state index in [0.717, 1.165) is 35.4 Å². The lowest BCUT2D eigenvalue weighted by Crippen LogP contribution is -2.36. The van der Waals surface area contributed by atoms with Crippen LogP contribution in [0.15, 0.2) is 18.2 Å². The molecule has 7 heteroatoms. The predicted octanol–water partition coefficient (Wildman–Crippen LogP) is 3.53. The zero-order valence-corrected chi connectivity index (χ0v) is 16.9. The molecule has 1 aromatic carbocycles. The first kappa shape index (κ1) is 19.8. The first-order valence-electron chi connectivity index (χ1n) is 9.49. The molecule has 27 heavy (non-hydrogen) atoms. The Hall–Kier alpha value is -1.92. The van der Waals surface area contributed by atoms with Crippen molar-refractivity contribution in [2.24, 2.45) is 0 Å². The van der Waals surface area contributed by atoms with Gasteiger partial charge >= 0.3 is 0 Å². The number of carbonyl (C=O) groups is 1. The van der Waals surface area contributed by atoms with Crippen molar-refractivity contribution >= 4 is 34.2 Å². The Kier molecular flexibility index (Phi) is 6.50. The number of benzene rings is 1. The monoisotopic (exact) mass is 390 g/mol. The smallest absolute Gasteiger partial charge is 0.221 e. The number of ether oxygens (including phenoxy) is 1. The lowest BCUT2D eigenvalue weighted by molar-refractivity contribution is -0.121. The molecule has 1 amide bonds. The molecule has 0 atom stereocenters. The fourth-order valence-corrected chi connectivity index (χ4v) is 3.22. The molecule has 1 fully saturated rings. The van der Waals surface area contributed by atoms with Crippen LogP contribution in [-0.2, 0) is 9.53 Å². The SMILES string of the molecule is COCCNC(=O)CCN(c1nc(C2CC2)nc2cc(Cl)ccc12)C(C)C. The summed E-state index contributed by atoms with van der Waals surface area (Å²) in [6, 6.07) is 5.93. The summed E-state index contributed by atoms with van der Waals surface area (Å²) >= 11 is 6.19. The third-order valence-corrected chi connectivity index (χ3v) is 4.94. The van der Waals surface area contributed by atoms with Crippen molar-refractivity contribution in [2.45, 2.75) is 45.1 Å². The minimum atomic E-state index is 0.0153. The highest BCUT2D eigenvalue weighted by Gasteiger charge is 2.29. The summed E-state index contributed by atoms with van der Waals surface area (Å²) in [5.41, 5.74) is 0.865. The van der Waals surface area contributed by atoms with Gasteiger partial charge in [0.1, 0.15) is 11.6 Å². The fourth-order valence-electron chi connectivity index (χ4n) is 3.06. The average Bonchev–Trinajstić information content (AvgIpc) is 3.46. The Balaban J connectivity index is 1.85. The highest BCUT2D eigenvalue weighted by atomic mass is 35.5. The second kappa shape index (κ2) is 8.85. The molecule has 0 radical (unpaired) electrons. The number of aromatic nitrogens is 2. The van der Waals surface area contributed by atoms with Crippen molar-refractivity contribution in [1.29, 1.82) is 0 Å². The summed E-state index contributed by atoms with van der Waals surface area (Å²) < 4.78 is 4.97. The summed E-state index contributed by atoms with van der Waals surface area (Å²) in [4.78, 5) is 23.9. The van der Waals surface area contributed by atoms with Crippen LogP contribution in [-0.4, -0.2) is 48.7 Å². The molecular weight excluding hydrogens is 364 g/mol. The van der Waals surface area contributed by atoms with Gasteiger partial charge in [-0.3, -0.25) is 4.79 Å². The van der Waals surface area contributed by atoms with Crippen molar-refractivity contribution in [3.05, 3.63) is 29.0 Å². The lowest BCUT2D eigenvalue weighted by Gasteiger charge is -2.29. The van der Waals surface area contributed by atoms with Crippen LogP contribution in [0.4, 0.5) is 5.82 Å². The van der Waals surface area contributed by atoms with Gasteiger partial charge in [-0.1, -0.05) is 11.6 Å². The number of anilines is 1. The minimum absolute atomic E-state index is 0.0153. The summed E-state index contributed by atoms with van der Waals surface area (Å²) in [6.45, 7) is 5.86. The van der Waals surface area contributed by atoms with Crippen LogP contribution in [0, 0.1) is 0 Å². The number of nitrogens with zero attached hydrogens (tertiary/aromatic N) is 3. The molecule has 1 aliphatic rings.